The second-order valence-electron chi connectivity index (χ2n) is 8.99. The van der Waals surface area contributed by atoms with E-state index >= 15 is 0 Å². The number of hydrogen-bond donors (Lipinski definition) is 0. The Hall–Kier alpha value is -0.0400. The molecule has 0 spiro atoms. The van der Waals surface area contributed by atoms with Gasteiger partial charge in [0.15, 0.2) is 0 Å². The fourth-order valence-corrected chi connectivity index (χ4v) is 5.23. The normalized spacial score (nSPS) is 35.0. The Morgan fingerprint density at radius 2 is 1.50 bits per heavy atom. The predicted molar refractivity (Wildman–Crippen MR) is 98.3 cm³/mol. The molecule has 3 aliphatic rings. The molecule has 22 heavy (non-hydrogen) atoms. The fourth-order valence-electron chi connectivity index (χ4n) is 5.23. The average Bonchev–Trinajstić information content (AvgIpc) is 2.41. The topological polar surface area (TPSA) is 3.24 Å². The number of fused-ring (bicyclic) bond motifs is 4. The van der Waals surface area contributed by atoms with E-state index in [1.165, 1.54) is 83.6 Å². The van der Waals surface area contributed by atoms with Gasteiger partial charge in [-0.3, -0.25) is 0 Å². The van der Waals surface area contributed by atoms with Crippen LogP contribution in [-0.4, -0.2) is 24.0 Å². The van der Waals surface area contributed by atoms with Gasteiger partial charge in [0, 0.05) is 5.54 Å². The highest BCUT2D eigenvalue weighted by atomic mass is 15.2. The lowest BCUT2D eigenvalue weighted by molar-refractivity contribution is 0.0102. The molecule has 0 aliphatic heterocycles. The summed E-state index contributed by atoms with van der Waals surface area (Å²) in [5.41, 5.74) is 0.470. The van der Waals surface area contributed by atoms with Crippen LogP contribution in [0.25, 0.3) is 0 Å². The van der Waals surface area contributed by atoms with Gasteiger partial charge in [-0.1, -0.05) is 52.4 Å². The van der Waals surface area contributed by atoms with E-state index in [1.54, 1.807) is 0 Å². The second-order valence-corrected chi connectivity index (χ2v) is 8.99. The maximum Gasteiger partial charge on any atom is 0.0183 e. The zero-order valence-electron chi connectivity index (χ0n) is 15.9. The lowest BCUT2D eigenvalue weighted by Crippen LogP contribution is -2.50. The van der Waals surface area contributed by atoms with E-state index < -0.39 is 0 Å². The Kier molecular flexibility index (Phi) is 7.25. The van der Waals surface area contributed by atoms with Crippen LogP contribution in [0.1, 0.15) is 97.8 Å². The molecule has 2 bridgehead atoms. The summed E-state index contributed by atoms with van der Waals surface area (Å²) in [6.45, 7) is 8.67. The van der Waals surface area contributed by atoms with Crippen molar-refractivity contribution in [2.75, 3.05) is 13.6 Å². The third kappa shape index (κ3) is 5.25. The summed E-state index contributed by atoms with van der Waals surface area (Å²) in [6.07, 6.45) is 17.4. The molecule has 0 radical (unpaired) electrons. The van der Waals surface area contributed by atoms with Crippen LogP contribution >= 0.6 is 0 Å². The van der Waals surface area contributed by atoms with Crippen LogP contribution in [0.5, 0.6) is 0 Å². The minimum absolute atomic E-state index is 0.470. The quantitative estimate of drug-likeness (QED) is 0.453. The second kappa shape index (κ2) is 8.71. The number of nitrogens with zero attached hydrogens (tertiary/aromatic N) is 1. The van der Waals surface area contributed by atoms with E-state index in [2.05, 4.69) is 32.7 Å². The van der Waals surface area contributed by atoms with Crippen LogP contribution in [0, 0.1) is 17.8 Å². The Morgan fingerprint density at radius 3 is 2.18 bits per heavy atom. The maximum atomic E-state index is 2.73. The molecule has 0 amide bonds. The summed E-state index contributed by atoms with van der Waals surface area (Å²) < 4.78 is 0. The molecule has 0 N–H and O–H groups in total. The SMILES string of the molecule is CCCCCCCCCN(C)C1(C)CC(C)CC2CC(C2)C1. The van der Waals surface area contributed by atoms with Gasteiger partial charge < -0.3 is 4.90 Å². The predicted octanol–water partition coefficient (Wildman–Crippen LogP) is 6.27. The third-order valence-electron chi connectivity index (χ3n) is 6.60. The molecule has 3 saturated carbocycles. The van der Waals surface area contributed by atoms with Crippen molar-refractivity contribution in [1.29, 1.82) is 0 Å². The molecular formula is C21H41N. The fraction of sp³-hybridized carbons (Fsp3) is 1.00. The Labute approximate surface area is 140 Å². The van der Waals surface area contributed by atoms with Crippen molar-refractivity contribution in [3.8, 4) is 0 Å². The standard InChI is InChI=1S/C21H41N/c1-5-6-7-8-9-10-11-12-22(4)21(3)16-18(2)13-19-14-20(15-19)17-21/h18-20H,5-17H2,1-4H3. The number of hydrogen-bond acceptors (Lipinski definition) is 1. The lowest BCUT2D eigenvalue weighted by atomic mass is 9.62. The van der Waals surface area contributed by atoms with Gasteiger partial charge in [0.2, 0.25) is 0 Å². The van der Waals surface area contributed by atoms with Crippen LogP contribution < -0.4 is 0 Å². The van der Waals surface area contributed by atoms with Crippen LogP contribution in [0.2, 0.25) is 0 Å². The third-order valence-corrected chi connectivity index (χ3v) is 6.60. The first-order valence-electron chi connectivity index (χ1n) is 10.2. The highest BCUT2D eigenvalue weighted by Crippen LogP contribution is 2.48. The number of rotatable bonds is 9. The van der Waals surface area contributed by atoms with Crippen molar-refractivity contribution in [3.05, 3.63) is 0 Å². The summed E-state index contributed by atoms with van der Waals surface area (Å²) in [6, 6.07) is 0. The molecule has 0 heterocycles. The van der Waals surface area contributed by atoms with Gasteiger partial charge in [0.25, 0.3) is 0 Å². The minimum Gasteiger partial charge on any atom is -0.301 e. The average molecular weight is 308 g/mol. The molecule has 0 aromatic rings. The summed E-state index contributed by atoms with van der Waals surface area (Å²) in [5.74, 6) is 3.05. The van der Waals surface area contributed by atoms with Crippen LogP contribution in [0.15, 0.2) is 0 Å². The summed E-state index contributed by atoms with van der Waals surface area (Å²) in [7, 11) is 2.40. The van der Waals surface area contributed by atoms with E-state index in [4.69, 9.17) is 0 Å². The van der Waals surface area contributed by atoms with Gasteiger partial charge in [0.05, 0.1) is 0 Å². The highest BCUT2D eigenvalue weighted by Gasteiger charge is 2.41. The zero-order valence-corrected chi connectivity index (χ0v) is 15.9. The molecule has 2 unspecified atom stereocenters. The van der Waals surface area contributed by atoms with E-state index in [0.717, 1.165) is 17.8 Å². The summed E-state index contributed by atoms with van der Waals surface area (Å²) >= 11 is 0. The monoisotopic (exact) mass is 307 g/mol. The Morgan fingerprint density at radius 1 is 0.864 bits per heavy atom. The molecule has 0 aromatic heterocycles. The van der Waals surface area contributed by atoms with Crippen molar-refractivity contribution in [2.45, 2.75) is 103 Å². The molecule has 1 heteroatoms. The maximum absolute atomic E-state index is 2.73. The van der Waals surface area contributed by atoms with Crippen molar-refractivity contribution in [2.24, 2.45) is 17.8 Å². The molecule has 0 saturated heterocycles. The van der Waals surface area contributed by atoms with Crippen LogP contribution in [0.4, 0.5) is 0 Å². The van der Waals surface area contributed by atoms with Crippen LogP contribution in [0.3, 0.4) is 0 Å². The summed E-state index contributed by atoms with van der Waals surface area (Å²) in [5, 5.41) is 0. The van der Waals surface area contributed by atoms with Gasteiger partial charge in [-0.05, 0) is 76.8 Å². The zero-order chi connectivity index (χ0) is 16.0. The van der Waals surface area contributed by atoms with E-state index in [9.17, 15) is 0 Å². The highest BCUT2D eigenvalue weighted by molar-refractivity contribution is 4.96. The number of unbranched alkanes of at least 4 members (excludes halogenated alkanes) is 6. The van der Waals surface area contributed by atoms with Crippen molar-refractivity contribution in [3.63, 3.8) is 0 Å². The molecule has 0 aromatic carbocycles. The van der Waals surface area contributed by atoms with Gasteiger partial charge >= 0.3 is 0 Å². The molecule has 1 nitrogen and oxygen atoms in total. The molecule has 2 atom stereocenters. The van der Waals surface area contributed by atoms with Crippen molar-refractivity contribution in [1.82, 2.24) is 4.90 Å². The molecule has 3 rings (SSSR count). The van der Waals surface area contributed by atoms with E-state index in [1.807, 2.05) is 0 Å². The van der Waals surface area contributed by atoms with Gasteiger partial charge in [-0.25, -0.2) is 0 Å². The Bertz CT molecular complexity index is 303. The Balaban J connectivity index is 1.68. The molecule has 130 valence electrons. The summed E-state index contributed by atoms with van der Waals surface area (Å²) in [4.78, 5) is 2.73. The first-order chi connectivity index (χ1) is 10.5. The van der Waals surface area contributed by atoms with E-state index in [-0.39, 0.29) is 0 Å². The van der Waals surface area contributed by atoms with Gasteiger partial charge in [-0.15, -0.1) is 0 Å². The van der Waals surface area contributed by atoms with Gasteiger partial charge in [-0.2, -0.15) is 0 Å². The first kappa shape index (κ1) is 18.3. The first-order valence-corrected chi connectivity index (χ1v) is 10.2. The van der Waals surface area contributed by atoms with Gasteiger partial charge in [0.1, 0.15) is 0 Å². The smallest absolute Gasteiger partial charge is 0.0183 e. The molecule has 3 aliphatic carbocycles. The van der Waals surface area contributed by atoms with Crippen molar-refractivity contribution < 1.29 is 0 Å². The van der Waals surface area contributed by atoms with E-state index in [0.29, 0.717) is 5.54 Å². The largest absolute Gasteiger partial charge is 0.301 e. The van der Waals surface area contributed by atoms with Crippen LogP contribution in [-0.2, 0) is 0 Å². The minimum atomic E-state index is 0.470. The molecular weight excluding hydrogens is 266 g/mol. The molecule has 3 fully saturated rings. The van der Waals surface area contributed by atoms with Crippen molar-refractivity contribution >= 4 is 0 Å². The lowest BCUT2D eigenvalue weighted by Gasteiger charge is -2.50.